The molecular formula is C15H21BrN2O. The largest absolute Gasteiger partial charge is 0.388 e. The molecule has 1 heterocycles. The van der Waals surface area contributed by atoms with Crippen LogP contribution in [0.4, 0.5) is 5.69 Å². The summed E-state index contributed by atoms with van der Waals surface area (Å²) >= 11 is 3.55. The van der Waals surface area contributed by atoms with Gasteiger partial charge in [-0.25, -0.2) is 0 Å². The molecule has 2 fully saturated rings. The van der Waals surface area contributed by atoms with Gasteiger partial charge in [-0.3, -0.25) is 0 Å². The van der Waals surface area contributed by atoms with Crippen LogP contribution < -0.4 is 10.2 Å². The topological polar surface area (TPSA) is 35.5 Å². The standard InChI is InChI=1S/C15H21BrN2O/c1-15(19)6-7-18(10-15)14-5-2-12(16)8-11(14)9-17-13-3-4-13/h2,5,8,13,17,19H,3-4,6-7,9-10H2,1H3. The van der Waals surface area contributed by atoms with E-state index in [2.05, 4.69) is 44.3 Å². The molecule has 4 heteroatoms. The Labute approximate surface area is 123 Å². The van der Waals surface area contributed by atoms with Gasteiger partial charge in [-0.1, -0.05) is 15.9 Å². The van der Waals surface area contributed by atoms with Crippen LogP contribution in [0, 0.1) is 0 Å². The van der Waals surface area contributed by atoms with Crippen LogP contribution in [0.2, 0.25) is 0 Å². The molecule has 19 heavy (non-hydrogen) atoms. The number of nitrogens with zero attached hydrogens (tertiary/aromatic N) is 1. The molecule has 1 aliphatic heterocycles. The predicted octanol–water partition coefficient (Wildman–Crippen LogP) is 2.66. The van der Waals surface area contributed by atoms with Gasteiger partial charge in [0.1, 0.15) is 0 Å². The first-order chi connectivity index (χ1) is 9.03. The molecule has 0 bridgehead atoms. The first-order valence-electron chi connectivity index (χ1n) is 7.03. The molecule has 1 unspecified atom stereocenters. The molecule has 104 valence electrons. The summed E-state index contributed by atoms with van der Waals surface area (Å²) < 4.78 is 1.12. The Balaban J connectivity index is 1.78. The Morgan fingerprint density at radius 2 is 2.26 bits per heavy atom. The lowest BCUT2D eigenvalue weighted by Crippen LogP contribution is -2.30. The fraction of sp³-hybridized carbons (Fsp3) is 0.600. The van der Waals surface area contributed by atoms with Crippen molar-refractivity contribution in [1.82, 2.24) is 5.32 Å². The van der Waals surface area contributed by atoms with Crippen molar-refractivity contribution in [2.45, 2.75) is 44.4 Å². The average Bonchev–Trinajstić information content (AvgIpc) is 3.10. The van der Waals surface area contributed by atoms with E-state index in [0.29, 0.717) is 6.04 Å². The molecule has 0 amide bonds. The minimum absolute atomic E-state index is 0.547. The van der Waals surface area contributed by atoms with Gasteiger partial charge in [-0.15, -0.1) is 0 Å². The fourth-order valence-corrected chi connectivity index (χ4v) is 3.11. The van der Waals surface area contributed by atoms with Crippen molar-refractivity contribution in [3.8, 4) is 0 Å². The number of nitrogens with one attached hydrogen (secondary N) is 1. The number of β-amino-alcohol motifs (C(OH)–C–C–N with tert-alkyl or cyclic N) is 1. The number of hydrogen-bond donors (Lipinski definition) is 2. The van der Waals surface area contributed by atoms with Gasteiger partial charge in [0.25, 0.3) is 0 Å². The number of anilines is 1. The van der Waals surface area contributed by atoms with Gasteiger partial charge in [-0.2, -0.15) is 0 Å². The van der Waals surface area contributed by atoms with E-state index >= 15 is 0 Å². The van der Waals surface area contributed by atoms with Crippen molar-refractivity contribution >= 4 is 21.6 Å². The van der Waals surface area contributed by atoms with Crippen molar-refractivity contribution in [1.29, 1.82) is 0 Å². The van der Waals surface area contributed by atoms with Gasteiger partial charge in [0.05, 0.1) is 5.60 Å². The number of hydrogen-bond acceptors (Lipinski definition) is 3. The lowest BCUT2D eigenvalue weighted by molar-refractivity contribution is 0.0839. The normalized spacial score (nSPS) is 27.0. The highest BCUT2D eigenvalue weighted by Crippen LogP contribution is 2.31. The summed E-state index contributed by atoms with van der Waals surface area (Å²) in [6, 6.07) is 7.16. The third-order valence-electron chi connectivity index (χ3n) is 3.99. The molecule has 1 saturated carbocycles. The second-order valence-corrected chi connectivity index (χ2v) is 7.01. The van der Waals surface area contributed by atoms with Crippen molar-refractivity contribution in [2.75, 3.05) is 18.0 Å². The van der Waals surface area contributed by atoms with Gasteiger partial charge >= 0.3 is 0 Å². The van der Waals surface area contributed by atoms with E-state index in [-0.39, 0.29) is 0 Å². The number of halogens is 1. The molecule has 3 rings (SSSR count). The molecule has 1 aromatic carbocycles. The Kier molecular flexibility index (Phi) is 3.58. The molecule has 0 radical (unpaired) electrons. The van der Waals surface area contributed by atoms with Crippen molar-refractivity contribution in [3.05, 3.63) is 28.2 Å². The minimum Gasteiger partial charge on any atom is -0.388 e. The van der Waals surface area contributed by atoms with Crippen molar-refractivity contribution in [3.63, 3.8) is 0 Å². The Morgan fingerprint density at radius 3 is 2.89 bits per heavy atom. The molecule has 2 aliphatic rings. The summed E-state index contributed by atoms with van der Waals surface area (Å²) in [5.74, 6) is 0. The van der Waals surface area contributed by atoms with Crippen molar-refractivity contribution < 1.29 is 5.11 Å². The van der Waals surface area contributed by atoms with E-state index in [1.807, 2.05) is 6.92 Å². The lowest BCUT2D eigenvalue weighted by Gasteiger charge is -2.24. The molecule has 1 aliphatic carbocycles. The van der Waals surface area contributed by atoms with E-state index in [0.717, 1.165) is 30.5 Å². The van der Waals surface area contributed by atoms with Gasteiger partial charge in [0.2, 0.25) is 0 Å². The highest BCUT2D eigenvalue weighted by Gasteiger charge is 2.32. The van der Waals surface area contributed by atoms with E-state index in [1.54, 1.807) is 0 Å². The Bertz CT molecular complexity index is 471. The number of benzene rings is 1. The van der Waals surface area contributed by atoms with Crippen LogP contribution in [-0.2, 0) is 6.54 Å². The molecule has 0 spiro atoms. The van der Waals surface area contributed by atoms with E-state index in [1.165, 1.54) is 24.1 Å². The summed E-state index contributed by atoms with van der Waals surface area (Å²) in [6.07, 6.45) is 3.46. The highest BCUT2D eigenvalue weighted by atomic mass is 79.9. The van der Waals surface area contributed by atoms with E-state index in [4.69, 9.17) is 0 Å². The number of rotatable bonds is 4. The molecule has 1 atom stereocenters. The van der Waals surface area contributed by atoms with Crippen molar-refractivity contribution in [2.24, 2.45) is 0 Å². The molecule has 1 aromatic rings. The smallest absolute Gasteiger partial charge is 0.0810 e. The third-order valence-corrected chi connectivity index (χ3v) is 4.49. The highest BCUT2D eigenvalue weighted by molar-refractivity contribution is 9.10. The average molecular weight is 325 g/mol. The zero-order valence-corrected chi connectivity index (χ0v) is 12.9. The lowest BCUT2D eigenvalue weighted by atomic mass is 10.1. The van der Waals surface area contributed by atoms with Crippen LogP contribution >= 0.6 is 15.9 Å². The molecule has 1 saturated heterocycles. The summed E-state index contributed by atoms with van der Waals surface area (Å²) in [5, 5.41) is 13.7. The van der Waals surface area contributed by atoms with E-state index in [9.17, 15) is 5.11 Å². The predicted molar refractivity (Wildman–Crippen MR) is 81.5 cm³/mol. The summed E-state index contributed by atoms with van der Waals surface area (Å²) in [7, 11) is 0. The molecule has 0 aromatic heterocycles. The Morgan fingerprint density at radius 1 is 1.47 bits per heavy atom. The van der Waals surface area contributed by atoms with Crippen LogP contribution in [-0.4, -0.2) is 29.8 Å². The first-order valence-corrected chi connectivity index (χ1v) is 7.82. The fourth-order valence-electron chi connectivity index (χ4n) is 2.70. The van der Waals surface area contributed by atoms with Crippen LogP contribution in [0.15, 0.2) is 22.7 Å². The third kappa shape index (κ3) is 3.30. The summed E-state index contributed by atoms with van der Waals surface area (Å²) in [4.78, 5) is 2.30. The first kappa shape index (κ1) is 13.4. The zero-order chi connectivity index (χ0) is 13.5. The second-order valence-electron chi connectivity index (χ2n) is 6.10. The molecule has 3 nitrogen and oxygen atoms in total. The van der Waals surface area contributed by atoms with Crippen LogP contribution in [0.3, 0.4) is 0 Å². The molecule has 2 N–H and O–H groups in total. The van der Waals surface area contributed by atoms with Gasteiger partial charge in [-0.05, 0) is 49.9 Å². The van der Waals surface area contributed by atoms with Crippen LogP contribution in [0.5, 0.6) is 0 Å². The molecular weight excluding hydrogens is 304 g/mol. The van der Waals surface area contributed by atoms with Gasteiger partial charge in [0, 0.05) is 35.8 Å². The quantitative estimate of drug-likeness (QED) is 0.893. The number of aliphatic hydroxyl groups is 1. The van der Waals surface area contributed by atoms with Gasteiger partial charge in [0.15, 0.2) is 0 Å². The maximum Gasteiger partial charge on any atom is 0.0810 e. The maximum atomic E-state index is 10.1. The second kappa shape index (κ2) is 5.08. The summed E-state index contributed by atoms with van der Waals surface area (Å²) in [5.41, 5.74) is 2.03. The van der Waals surface area contributed by atoms with E-state index < -0.39 is 5.60 Å². The SMILES string of the molecule is CC1(O)CCN(c2ccc(Br)cc2CNC2CC2)C1. The Hall–Kier alpha value is -0.580. The van der Waals surface area contributed by atoms with Crippen LogP contribution in [0.1, 0.15) is 31.7 Å². The van der Waals surface area contributed by atoms with Crippen LogP contribution in [0.25, 0.3) is 0 Å². The minimum atomic E-state index is -0.547. The monoisotopic (exact) mass is 324 g/mol. The van der Waals surface area contributed by atoms with Gasteiger partial charge < -0.3 is 15.3 Å². The summed E-state index contributed by atoms with van der Waals surface area (Å²) in [6.45, 7) is 4.50. The maximum absolute atomic E-state index is 10.1. The zero-order valence-electron chi connectivity index (χ0n) is 11.3.